The number of carbonyl (C=O) groups is 3. The third kappa shape index (κ3) is 6.58. The highest BCUT2D eigenvalue weighted by Gasteiger charge is 2.25. The van der Waals surface area contributed by atoms with Crippen LogP contribution in [0.4, 0.5) is 5.69 Å². The largest absolute Gasteiger partial charge is 0.508 e. The van der Waals surface area contributed by atoms with Gasteiger partial charge in [-0.2, -0.15) is 0 Å². The number of aromatic hydroxyl groups is 1. The maximum Gasteiger partial charge on any atom is 0.328 e. The van der Waals surface area contributed by atoms with Crippen LogP contribution in [0.25, 0.3) is 0 Å². The van der Waals surface area contributed by atoms with Gasteiger partial charge in [-0.15, -0.1) is 0 Å². The first kappa shape index (κ1) is 26.6. The summed E-state index contributed by atoms with van der Waals surface area (Å²) in [6.45, 7) is 0. The Morgan fingerprint density at radius 2 is 1.40 bits per heavy atom. The molecule has 0 spiro atoms. The zero-order valence-corrected chi connectivity index (χ0v) is 21.1. The molecule has 3 aromatic rings. The fourth-order valence-corrected chi connectivity index (χ4v) is 4.43. The summed E-state index contributed by atoms with van der Waals surface area (Å²) >= 11 is 24.2. The van der Waals surface area contributed by atoms with Crippen LogP contribution in [-0.4, -0.2) is 36.0 Å². The zero-order chi connectivity index (χ0) is 25.7. The van der Waals surface area contributed by atoms with Gasteiger partial charge in [0.25, 0.3) is 11.8 Å². The van der Waals surface area contributed by atoms with Crippen molar-refractivity contribution >= 4 is 69.9 Å². The highest BCUT2D eigenvalue weighted by molar-refractivity contribution is 6.41. The standard InChI is InChI=1S/C24H18Cl4N2O5/c1-35-24(34)19(30-23(33)21-17(27)10-14(31)11-18(21)28)9-12-5-7-13(8-6-12)29-22(32)20-15(25)3-2-4-16(20)26/h2-8,10-11,19,31H,9H2,1H3,(H,29,32)(H,30,33). The van der Waals surface area contributed by atoms with Gasteiger partial charge in [0.2, 0.25) is 0 Å². The first-order chi connectivity index (χ1) is 16.6. The predicted octanol–water partition coefficient (Wildman–Crippen LogP) is 5.77. The highest BCUT2D eigenvalue weighted by atomic mass is 35.5. The Balaban J connectivity index is 1.73. The normalized spacial score (nSPS) is 11.5. The summed E-state index contributed by atoms with van der Waals surface area (Å²) in [5, 5.41) is 15.1. The van der Waals surface area contributed by atoms with E-state index in [9.17, 15) is 19.5 Å². The summed E-state index contributed by atoms with van der Waals surface area (Å²) in [6, 6.07) is 12.6. The maximum absolute atomic E-state index is 12.7. The van der Waals surface area contributed by atoms with Crippen LogP contribution in [-0.2, 0) is 16.0 Å². The first-order valence-electron chi connectivity index (χ1n) is 10.0. The average molecular weight is 556 g/mol. The monoisotopic (exact) mass is 554 g/mol. The highest BCUT2D eigenvalue weighted by Crippen LogP contribution is 2.30. The number of ether oxygens (including phenoxy) is 1. The Morgan fingerprint density at radius 1 is 0.857 bits per heavy atom. The van der Waals surface area contributed by atoms with Crippen LogP contribution in [0.5, 0.6) is 5.75 Å². The van der Waals surface area contributed by atoms with E-state index in [4.69, 9.17) is 51.1 Å². The fraction of sp³-hybridized carbons (Fsp3) is 0.125. The Hall–Kier alpha value is -2.97. The van der Waals surface area contributed by atoms with Crippen molar-refractivity contribution < 1.29 is 24.2 Å². The molecule has 1 unspecified atom stereocenters. The molecule has 0 fully saturated rings. The summed E-state index contributed by atoms with van der Waals surface area (Å²) in [5.74, 6) is -2.08. The molecule has 1 atom stereocenters. The minimum atomic E-state index is -1.06. The number of carbonyl (C=O) groups excluding carboxylic acids is 3. The zero-order valence-electron chi connectivity index (χ0n) is 18.1. The lowest BCUT2D eigenvalue weighted by atomic mass is 10.0. The number of methoxy groups -OCH3 is 1. The lowest BCUT2D eigenvalue weighted by Gasteiger charge is -2.18. The van der Waals surface area contributed by atoms with Gasteiger partial charge in [-0.1, -0.05) is 64.6 Å². The summed E-state index contributed by atoms with van der Waals surface area (Å²) < 4.78 is 4.81. The van der Waals surface area contributed by atoms with Crippen molar-refractivity contribution in [2.45, 2.75) is 12.5 Å². The fourth-order valence-electron chi connectivity index (χ4n) is 3.21. The van der Waals surface area contributed by atoms with Gasteiger partial charge in [-0.25, -0.2) is 4.79 Å². The lowest BCUT2D eigenvalue weighted by molar-refractivity contribution is -0.142. The van der Waals surface area contributed by atoms with E-state index < -0.39 is 23.8 Å². The molecular formula is C24H18Cl4N2O5. The number of anilines is 1. The second-order valence-electron chi connectivity index (χ2n) is 7.29. The van der Waals surface area contributed by atoms with Crippen molar-refractivity contribution in [3.63, 3.8) is 0 Å². The van der Waals surface area contributed by atoms with Crippen molar-refractivity contribution in [2.75, 3.05) is 12.4 Å². The Bertz CT molecular complexity index is 1240. The first-order valence-corrected chi connectivity index (χ1v) is 11.5. The minimum absolute atomic E-state index is 0.0742. The van der Waals surface area contributed by atoms with Gasteiger partial charge >= 0.3 is 5.97 Å². The van der Waals surface area contributed by atoms with Crippen LogP contribution in [0.15, 0.2) is 54.6 Å². The van der Waals surface area contributed by atoms with Gasteiger partial charge in [0, 0.05) is 12.1 Å². The average Bonchev–Trinajstić information content (AvgIpc) is 2.78. The molecule has 0 aromatic heterocycles. The molecule has 0 radical (unpaired) electrons. The van der Waals surface area contributed by atoms with Crippen LogP contribution >= 0.6 is 46.4 Å². The van der Waals surface area contributed by atoms with Crippen LogP contribution in [0.2, 0.25) is 20.1 Å². The molecule has 0 saturated heterocycles. The van der Waals surface area contributed by atoms with Crippen molar-refractivity contribution in [3.05, 3.63) is 91.4 Å². The summed E-state index contributed by atoms with van der Waals surface area (Å²) in [7, 11) is 1.19. The number of esters is 1. The predicted molar refractivity (Wildman–Crippen MR) is 136 cm³/mol. The van der Waals surface area contributed by atoms with Gasteiger partial charge in [0.1, 0.15) is 11.8 Å². The molecule has 0 saturated carbocycles. The minimum Gasteiger partial charge on any atom is -0.508 e. The van der Waals surface area contributed by atoms with Crippen LogP contribution < -0.4 is 10.6 Å². The SMILES string of the molecule is COC(=O)C(Cc1ccc(NC(=O)c2c(Cl)cccc2Cl)cc1)NC(=O)c1c(Cl)cc(O)cc1Cl. The second kappa shape index (κ2) is 11.6. The van der Waals surface area contributed by atoms with E-state index in [2.05, 4.69) is 10.6 Å². The van der Waals surface area contributed by atoms with Crippen LogP contribution in [0.3, 0.4) is 0 Å². The second-order valence-corrected chi connectivity index (χ2v) is 8.91. The van der Waals surface area contributed by atoms with Crippen molar-refractivity contribution in [1.29, 1.82) is 0 Å². The maximum atomic E-state index is 12.7. The third-order valence-electron chi connectivity index (χ3n) is 4.89. The van der Waals surface area contributed by atoms with E-state index in [0.717, 1.165) is 0 Å². The van der Waals surface area contributed by atoms with E-state index in [1.807, 2.05) is 0 Å². The molecule has 3 rings (SSSR count). The Morgan fingerprint density at radius 3 is 1.94 bits per heavy atom. The molecule has 0 heterocycles. The number of nitrogens with one attached hydrogen (secondary N) is 2. The van der Waals surface area contributed by atoms with Gasteiger partial charge in [0.05, 0.1) is 38.3 Å². The molecule has 35 heavy (non-hydrogen) atoms. The lowest BCUT2D eigenvalue weighted by Crippen LogP contribution is -2.43. The Kier molecular flexibility index (Phi) is 8.86. The van der Waals surface area contributed by atoms with Gasteiger partial charge in [0.15, 0.2) is 0 Å². The molecule has 0 aliphatic heterocycles. The number of phenols is 1. The van der Waals surface area contributed by atoms with E-state index in [1.165, 1.54) is 19.2 Å². The summed E-state index contributed by atoms with van der Waals surface area (Å²) in [6.07, 6.45) is 0.0797. The molecule has 0 aliphatic carbocycles. The van der Waals surface area contributed by atoms with Crippen molar-refractivity contribution in [1.82, 2.24) is 5.32 Å². The molecule has 182 valence electrons. The van der Waals surface area contributed by atoms with E-state index >= 15 is 0 Å². The number of amides is 2. The van der Waals surface area contributed by atoms with Crippen molar-refractivity contribution in [2.24, 2.45) is 0 Å². The van der Waals surface area contributed by atoms with Crippen molar-refractivity contribution in [3.8, 4) is 5.75 Å². The number of rotatable bonds is 7. The molecule has 7 nitrogen and oxygen atoms in total. The van der Waals surface area contributed by atoms with E-state index in [1.54, 1.807) is 42.5 Å². The van der Waals surface area contributed by atoms with E-state index in [-0.39, 0.29) is 43.4 Å². The molecule has 0 aliphatic rings. The molecule has 3 N–H and O–H groups in total. The molecule has 3 aromatic carbocycles. The molecular weight excluding hydrogens is 538 g/mol. The number of benzene rings is 3. The smallest absolute Gasteiger partial charge is 0.328 e. The summed E-state index contributed by atoms with van der Waals surface area (Å²) in [4.78, 5) is 37.6. The summed E-state index contributed by atoms with van der Waals surface area (Å²) in [5.41, 5.74) is 1.20. The molecule has 2 amide bonds. The van der Waals surface area contributed by atoms with E-state index in [0.29, 0.717) is 11.3 Å². The molecule has 0 bridgehead atoms. The van der Waals surface area contributed by atoms with Gasteiger partial charge < -0.3 is 20.5 Å². The molecule has 11 heteroatoms. The Labute approximate surface area is 220 Å². The number of hydrogen-bond donors (Lipinski definition) is 3. The number of phenolic OH excluding ortho intramolecular Hbond substituents is 1. The van der Waals surface area contributed by atoms with Crippen LogP contribution in [0.1, 0.15) is 26.3 Å². The van der Waals surface area contributed by atoms with Gasteiger partial charge in [-0.3, -0.25) is 9.59 Å². The topological polar surface area (TPSA) is 105 Å². The van der Waals surface area contributed by atoms with Crippen LogP contribution in [0, 0.1) is 0 Å². The quantitative estimate of drug-likeness (QED) is 0.321. The van der Waals surface area contributed by atoms with Gasteiger partial charge in [-0.05, 0) is 42.0 Å². The number of hydrogen-bond acceptors (Lipinski definition) is 5. The number of halogens is 4. The third-order valence-corrected chi connectivity index (χ3v) is 6.11.